The molecular formula is C21H21FN2O2S2. The average molecular weight is 417 g/mol. The molecule has 0 aliphatic carbocycles. The molecule has 0 saturated heterocycles. The van der Waals surface area contributed by atoms with Crippen LogP contribution in [0.1, 0.15) is 22.0 Å². The summed E-state index contributed by atoms with van der Waals surface area (Å²) in [5.41, 5.74) is 2.74. The Morgan fingerprint density at radius 1 is 1.18 bits per heavy atom. The van der Waals surface area contributed by atoms with Crippen molar-refractivity contribution in [3.8, 4) is 0 Å². The number of hydrogen-bond acceptors (Lipinski definition) is 4. The van der Waals surface area contributed by atoms with Crippen LogP contribution in [0.2, 0.25) is 0 Å². The molecule has 2 aromatic carbocycles. The number of rotatable bonds is 6. The van der Waals surface area contributed by atoms with E-state index in [9.17, 15) is 12.8 Å². The van der Waals surface area contributed by atoms with Crippen LogP contribution in [-0.2, 0) is 16.4 Å². The fourth-order valence-electron chi connectivity index (χ4n) is 3.59. The molecular weight excluding hydrogens is 395 g/mol. The van der Waals surface area contributed by atoms with Gasteiger partial charge in [0, 0.05) is 23.7 Å². The zero-order chi connectivity index (χ0) is 19.7. The number of anilines is 1. The highest BCUT2D eigenvalue weighted by atomic mass is 32.2. The standard InChI is InChI=1S/C21H21FN2O2S2/c1-15-13-17(8-9-18(15)22)28(25,26)23-14-20(21-7-4-12-27-21)24-11-10-16-5-2-3-6-19(16)24/h2-9,12-13,20,23H,10-11,14H2,1H3/t20-/m1/s1. The van der Waals surface area contributed by atoms with Crippen LogP contribution in [0.3, 0.4) is 0 Å². The van der Waals surface area contributed by atoms with Crippen molar-refractivity contribution in [1.29, 1.82) is 0 Å². The summed E-state index contributed by atoms with van der Waals surface area (Å²) in [5, 5.41) is 2.00. The zero-order valence-electron chi connectivity index (χ0n) is 15.4. The lowest BCUT2D eigenvalue weighted by molar-refractivity contribution is 0.564. The van der Waals surface area contributed by atoms with Crippen molar-refractivity contribution in [3.05, 3.63) is 81.8 Å². The second-order valence-corrected chi connectivity index (χ2v) is 9.61. The van der Waals surface area contributed by atoms with Gasteiger partial charge in [0.25, 0.3) is 0 Å². The number of hydrogen-bond donors (Lipinski definition) is 1. The summed E-state index contributed by atoms with van der Waals surface area (Å²) in [7, 11) is -3.73. The second-order valence-electron chi connectivity index (χ2n) is 6.87. The maximum atomic E-state index is 13.5. The Balaban J connectivity index is 1.60. The molecule has 1 N–H and O–H groups in total. The van der Waals surface area contributed by atoms with Gasteiger partial charge in [-0.1, -0.05) is 24.3 Å². The number of sulfonamides is 1. The van der Waals surface area contributed by atoms with E-state index in [0.29, 0.717) is 5.56 Å². The Hall–Kier alpha value is -2.22. The number of nitrogens with zero attached hydrogens (tertiary/aromatic N) is 1. The number of thiophene rings is 1. The highest BCUT2D eigenvalue weighted by molar-refractivity contribution is 7.89. The van der Waals surface area contributed by atoms with Crippen molar-refractivity contribution < 1.29 is 12.8 Å². The normalized spacial score (nSPS) is 14.9. The highest BCUT2D eigenvalue weighted by Gasteiger charge is 2.29. The monoisotopic (exact) mass is 416 g/mol. The minimum atomic E-state index is -3.73. The Labute approximate surface area is 168 Å². The lowest BCUT2D eigenvalue weighted by Gasteiger charge is -2.30. The summed E-state index contributed by atoms with van der Waals surface area (Å²) >= 11 is 1.62. The first-order chi connectivity index (χ1) is 13.5. The van der Waals surface area contributed by atoms with E-state index in [-0.39, 0.29) is 17.5 Å². The average Bonchev–Trinajstić information content (AvgIpc) is 3.35. The lowest BCUT2D eigenvalue weighted by atomic mass is 10.1. The summed E-state index contributed by atoms with van der Waals surface area (Å²) < 4.78 is 41.8. The van der Waals surface area contributed by atoms with Gasteiger partial charge in [0.15, 0.2) is 0 Å². The summed E-state index contributed by atoms with van der Waals surface area (Å²) in [5.74, 6) is -0.413. The van der Waals surface area contributed by atoms with Crippen LogP contribution in [0.15, 0.2) is 64.9 Å². The largest absolute Gasteiger partial charge is 0.362 e. The zero-order valence-corrected chi connectivity index (χ0v) is 17.1. The molecule has 0 bridgehead atoms. The molecule has 0 saturated carbocycles. The van der Waals surface area contributed by atoms with E-state index >= 15 is 0 Å². The van der Waals surface area contributed by atoms with Crippen molar-refractivity contribution in [2.24, 2.45) is 0 Å². The van der Waals surface area contributed by atoms with Crippen LogP contribution in [0.5, 0.6) is 0 Å². The van der Waals surface area contributed by atoms with E-state index in [1.807, 2.05) is 29.6 Å². The molecule has 146 valence electrons. The molecule has 28 heavy (non-hydrogen) atoms. The van der Waals surface area contributed by atoms with Crippen LogP contribution in [0.25, 0.3) is 0 Å². The van der Waals surface area contributed by atoms with Crippen LogP contribution < -0.4 is 9.62 Å². The molecule has 1 aromatic heterocycles. The molecule has 0 amide bonds. The van der Waals surface area contributed by atoms with Gasteiger partial charge < -0.3 is 4.90 Å². The van der Waals surface area contributed by atoms with Gasteiger partial charge >= 0.3 is 0 Å². The second kappa shape index (κ2) is 7.66. The van der Waals surface area contributed by atoms with Crippen LogP contribution in [0, 0.1) is 12.7 Å². The van der Waals surface area contributed by atoms with Crippen molar-refractivity contribution in [2.45, 2.75) is 24.3 Å². The van der Waals surface area contributed by atoms with Gasteiger partial charge in [-0.15, -0.1) is 11.3 Å². The summed E-state index contributed by atoms with van der Waals surface area (Å²) in [4.78, 5) is 3.45. The predicted molar refractivity (Wildman–Crippen MR) is 111 cm³/mol. The number of halogens is 1. The van der Waals surface area contributed by atoms with Gasteiger partial charge in [0.2, 0.25) is 10.0 Å². The molecule has 0 radical (unpaired) electrons. The van der Waals surface area contributed by atoms with Crippen LogP contribution >= 0.6 is 11.3 Å². The van der Waals surface area contributed by atoms with Gasteiger partial charge in [-0.3, -0.25) is 0 Å². The first kappa shape index (κ1) is 19.1. The topological polar surface area (TPSA) is 49.4 Å². The summed E-state index contributed by atoms with van der Waals surface area (Å²) in [6.45, 7) is 2.65. The van der Waals surface area contributed by atoms with Gasteiger partial charge in [-0.25, -0.2) is 17.5 Å². The Bertz CT molecular complexity index is 1080. The minimum Gasteiger partial charge on any atom is -0.362 e. The Kier molecular flexibility index (Phi) is 5.23. The SMILES string of the molecule is Cc1cc(S(=O)(=O)NC[C@H](c2cccs2)N2CCc3ccccc32)ccc1F. The van der Waals surface area contributed by atoms with Crippen molar-refractivity contribution in [1.82, 2.24) is 4.72 Å². The number of aryl methyl sites for hydroxylation is 1. The molecule has 4 rings (SSSR count). The Morgan fingerprint density at radius 3 is 2.75 bits per heavy atom. The third-order valence-corrected chi connectivity index (χ3v) is 7.47. The van der Waals surface area contributed by atoms with Crippen LogP contribution in [-0.4, -0.2) is 21.5 Å². The van der Waals surface area contributed by atoms with E-state index in [2.05, 4.69) is 21.8 Å². The quantitative estimate of drug-likeness (QED) is 0.653. The number of nitrogens with one attached hydrogen (secondary N) is 1. The molecule has 0 fully saturated rings. The molecule has 4 nitrogen and oxygen atoms in total. The van der Waals surface area contributed by atoms with Crippen molar-refractivity contribution >= 4 is 27.0 Å². The van der Waals surface area contributed by atoms with Gasteiger partial charge in [0.1, 0.15) is 5.82 Å². The van der Waals surface area contributed by atoms with E-state index < -0.39 is 15.8 Å². The maximum absolute atomic E-state index is 13.5. The fraction of sp³-hybridized carbons (Fsp3) is 0.238. The number of benzene rings is 2. The molecule has 3 aromatic rings. The van der Waals surface area contributed by atoms with Gasteiger partial charge in [0.05, 0.1) is 10.9 Å². The highest BCUT2D eigenvalue weighted by Crippen LogP contribution is 2.36. The number of fused-ring (bicyclic) bond motifs is 1. The van der Waals surface area contributed by atoms with Crippen LogP contribution in [0.4, 0.5) is 10.1 Å². The first-order valence-electron chi connectivity index (χ1n) is 9.09. The fourth-order valence-corrected chi connectivity index (χ4v) is 5.55. The lowest BCUT2D eigenvalue weighted by Crippen LogP contribution is -2.37. The molecule has 1 atom stereocenters. The van der Waals surface area contributed by atoms with Gasteiger partial charge in [-0.05, 0) is 60.2 Å². The molecule has 1 aliphatic heterocycles. The van der Waals surface area contributed by atoms with Crippen molar-refractivity contribution in [3.63, 3.8) is 0 Å². The smallest absolute Gasteiger partial charge is 0.240 e. The van der Waals surface area contributed by atoms with E-state index in [4.69, 9.17) is 0 Å². The molecule has 0 spiro atoms. The first-order valence-corrected chi connectivity index (χ1v) is 11.5. The summed E-state index contributed by atoms with van der Waals surface area (Å²) in [6, 6.07) is 16.0. The van der Waals surface area contributed by atoms with Gasteiger partial charge in [-0.2, -0.15) is 0 Å². The molecule has 1 aliphatic rings. The molecule has 7 heteroatoms. The maximum Gasteiger partial charge on any atom is 0.240 e. The van der Waals surface area contributed by atoms with E-state index in [1.54, 1.807) is 18.3 Å². The van der Waals surface area contributed by atoms with E-state index in [0.717, 1.165) is 23.5 Å². The summed E-state index contributed by atoms with van der Waals surface area (Å²) in [6.07, 6.45) is 0.946. The Morgan fingerprint density at radius 2 is 2.00 bits per heavy atom. The van der Waals surface area contributed by atoms with Crippen molar-refractivity contribution in [2.75, 3.05) is 18.0 Å². The third-order valence-electron chi connectivity index (χ3n) is 5.08. The number of para-hydroxylation sites is 1. The van der Waals surface area contributed by atoms with E-state index in [1.165, 1.54) is 23.8 Å². The minimum absolute atomic E-state index is 0.0816. The molecule has 2 heterocycles. The predicted octanol–water partition coefficient (Wildman–Crippen LogP) is 4.28. The third kappa shape index (κ3) is 3.70. The molecule has 0 unspecified atom stereocenters.